The Kier molecular flexibility index (Phi) is 2.84. The molecule has 0 amide bonds. The van der Waals surface area contributed by atoms with E-state index in [4.69, 9.17) is 0 Å². The molecule has 0 radical (unpaired) electrons. The van der Waals surface area contributed by atoms with E-state index in [2.05, 4.69) is 9.97 Å². The third kappa shape index (κ3) is 2.12. The number of halogens is 1. The molecule has 2 heterocycles. The number of nitro groups is 1. The van der Waals surface area contributed by atoms with Crippen LogP contribution in [0.1, 0.15) is 0 Å². The van der Waals surface area contributed by atoms with Crippen LogP contribution in [0.4, 0.5) is 10.1 Å². The third-order valence-corrected chi connectivity index (χ3v) is 3.81. The van der Waals surface area contributed by atoms with Gasteiger partial charge in [-0.3, -0.25) is 15.1 Å². The van der Waals surface area contributed by atoms with Crippen LogP contribution < -0.4 is 0 Å². The lowest BCUT2D eigenvalue weighted by Gasteiger charge is -2.02. The molecule has 0 fully saturated rings. The Morgan fingerprint density at radius 2 is 1.96 bits per heavy atom. The summed E-state index contributed by atoms with van der Waals surface area (Å²) in [5, 5.41) is 12.6. The zero-order valence-corrected chi connectivity index (χ0v) is 11.8. The highest BCUT2D eigenvalue weighted by atomic mass is 19.1. The van der Waals surface area contributed by atoms with Crippen LogP contribution in [0, 0.1) is 15.9 Å². The smallest absolute Gasteiger partial charge is 0.270 e. The van der Waals surface area contributed by atoms with Crippen LogP contribution in [0.25, 0.3) is 33.1 Å². The molecule has 2 aromatic heterocycles. The van der Waals surface area contributed by atoms with Crippen molar-refractivity contribution in [1.29, 1.82) is 0 Å². The molecule has 0 saturated carbocycles. The molecule has 6 heteroatoms. The van der Waals surface area contributed by atoms with Crippen LogP contribution in [0.5, 0.6) is 0 Å². The number of hydrogen-bond acceptors (Lipinski definition) is 3. The van der Waals surface area contributed by atoms with E-state index in [1.807, 2.05) is 0 Å². The van der Waals surface area contributed by atoms with Crippen molar-refractivity contribution >= 4 is 27.5 Å². The molecule has 0 saturated heterocycles. The Hall–Kier alpha value is -3.28. The molecule has 4 rings (SSSR count). The Morgan fingerprint density at radius 1 is 1.09 bits per heavy atom. The van der Waals surface area contributed by atoms with Crippen molar-refractivity contribution < 1.29 is 9.31 Å². The lowest BCUT2D eigenvalue weighted by Crippen LogP contribution is -1.90. The van der Waals surface area contributed by atoms with E-state index >= 15 is 0 Å². The average molecular weight is 307 g/mol. The van der Waals surface area contributed by atoms with E-state index in [1.54, 1.807) is 30.5 Å². The van der Waals surface area contributed by atoms with Gasteiger partial charge in [0.2, 0.25) is 0 Å². The molecule has 1 N–H and O–H groups in total. The van der Waals surface area contributed by atoms with Gasteiger partial charge >= 0.3 is 0 Å². The fourth-order valence-corrected chi connectivity index (χ4v) is 2.78. The minimum atomic E-state index is -0.440. The van der Waals surface area contributed by atoms with Gasteiger partial charge in [0.05, 0.1) is 16.1 Å². The fraction of sp³-hybridized carbons (Fsp3) is 0. The number of hydrogen-bond donors (Lipinski definition) is 1. The number of non-ortho nitro benzene ring substituents is 1. The maximum absolute atomic E-state index is 13.5. The van der Waals surface area contributed by atoms with Crippen LogP contribution >= 0.6 is 0 Å². The van der Waals surface area contributed by atoms with E-state index in [9.17, 15) is 14.5 Å². The van der Waals surface area contributed by atoms with Crippen LogP contribution in [-0.2, 0) is 0 Å². The molecule has 0 aliphatic heterocycles. The number of pyridine rings is 1. The monoisotopic (exact) mass is 307 g/mol. The van der Waals surface area contributed by atoms with Gasteiger partial charge in [-0.25, -0.2) is 4.39 Å². The van der Waals surface area contributed by atoms with Crippen LogP contribution in [0.3, 0.4) is 0 Å². The number of aromatic nitrogens is 2. The molecule has 0 aliphatic carbocycles. The molecule has 23 heavy (non-hydrogen) atoms. The predicted octanol–water partition coefficient (Wildman–Crippen LogP) is 4.43. The Morgan fingerprint density at radius 3 is 2.78 bits per heavy atom. The SMILES string of the molecule is O=[N+]([O-])c1cccc(-c2nccc3c2[nH]c2ccc(F)cc23)c1. The summed E-state index contributed by atoms with van der Waals surface area (Å²) in [5.41, 5.74) is 2.76. The van der Waals surface area contributed by atoms with Gasteiger partial charge in [-0.05, 0) is 24.3 Å². The van der Waals surface area contributed by atoms with Crippen LogP contribution in [0.2, 0.25) is 0 Å². The fourth-order valence-electron chi connectivity index (χ4n) is 2.78. The topological polar surface area (TPSA) is 71.8 Å². The molecular weight excluding hydrogens is 297 g/mol. The third-order valence-electron chi connectivity index (χ3n) is 3.81. The second-order valence-corrected chi connectivity index (χ2v) is 5.20. The van der Waals surface area contributed by atoms with Crippen molar-refractivity contribution in [2.45, 2.75) is 0 Å². The Bertz CT molecular complexity index is 1070. The van der Waals surface area contributed by atoms with Crippen molar-refractivity contribution in [2.24, 2.45) is 0 Å². The van der Waals surface area contributed by atoms with Crippen molar-refractivity contribution in [3.8, 4) is 11.3 Å². The summed E-state index contributed by atoms with van der Waals surface area (Å²) in [5.74, 6) is -0.313. The minimum Gasteiger partial charge on any atom is -0.353 e. The quantitative estimate of drug-likeness (QED) is 0.440. The average Bonchev–Trinajstić information content (AvgIpc) is 2.93. The van der Waals surface area contributed by atoms with Gasteiger partial charge in [-0.1, -0.05) is 12.1 Å². The van der Waals surface area contributed by atoms with E-state index in [1.165, 1.54) is 24.3 Å². The van der Waals surface area contributed by atoms with Gasteiger partial charge in [0.1, 0.15) is 5.82 Å². The molecule has 112 valence electrons. The lowest BCUT2D eigenvalue weighted by molar-refractivity contribution is -0.384. The number of aromatic amines is 1. The van der Waals surface area contributed by atoms with Crippen molar-refractivity contribution in [2.75, 3.05) is 0 Å². The van der Waals surface area contributed by atoms with Gasteiger partial charge in [0, 0.05) is 40.2 Å². The highest BCUT2D eigenvalue weighted by molar-refractivity contribution is 6.10. The summed E-state index contributed by atoms with van der Waals surface area (Å²) in [6, 6.07) is 12.6. The number of H-pyrrole nitrogens is 1. The first-order chi connectivity index (χ1) is 11.1. The molecule has 0 aliphatic rings. The molecule has 0 spiro atoms. The van der Waals surface area contributed by atoms with Gasteiger partial charge < -0.3 is 4.98 Å². The molecule has 0 bridgehead atoms. The number of nitrogens with zero attached hydrogens (tertiary/aromatic N) is 2. The summed E-state index contributed by atoms with van der Waals surface area (Å²) in [4.78, 5) is 18.1. The molecule has 0 unspecified atom stereocenters. The second kappa shape index (κ2) is 4.88. The van der Waals surface area contributed by atoms with E-state index in [0.29, 0.717) is 11.3 Å². The van der Waals surface area contributed by atoms with Crippen LogP contribution in [-0.4, -0.2) is 14.9 Å². The van der Waals surface area contributed by atoms with Crippen molar-refractivity contribution in [1.82, 2.24) is 9.97 Å². The largest absolute Gasteiger partial charge is 0.353 e. The number of rotatable bonds is 2. The zero-order chi connectivity index (χ0) is 16.0. The summed E-state index contributed by atoms with van der Waals surface area (Å²) >= 11 is 0. The standard InChI is InChI=1S/C17H10FN3O2/c18-11-4-5-15-14(9-11)13-6-7-19-16(17(13)20-15)10-2-1-3-12(8-10)21(22)23/h1-9,20H. The van der Waals surface area contributed by atoms with Gasteiger partial charge in [-0.15, -0.1) is 0 Å². The summed E-state index contributed by atoms with van der Waals surface area (Å²) in [6.07, 6.45) is 1.62. The number of nitro benzene ring substituents is 1. The first-order valence-electron chi connectivity index (χ1n) is 6.94. The number of fused-ring (bicyclic) bond motifs is 3. The van der Waals surface area contributed by atoms with Gasteiger partial charge in [0.25, 0.3) is 5.69 Å². The maximum atomic E-state index is 13.5. The second-order valence-electron chi connectivity index (χ2n) is 5.20. The molecular formula is C17H10FN3O2. The van der Waals surface area contributed by atoms with Gasteiger partial charge in [-0.2, -0.15) is 0 Å². The minimum absolute atomic E-state index is 0.00320. The highest BCUT2D eigenvalue weighted by Crippen LogP contribution is 2.32. The normalized spacial score (nSPS) is 11.2. The predicted molar refractivity (Wildman–Crippen MR) is 85.6 cm³/mol. The highest BCUT2D eigenvalue weighted by Gasteiger charge is 2.13. The van der Waals surface area contributed by atoms with E-state index < -0.39 is 4.92 Å². The first kappa shape index (κ1) is 13.4. The molecule has 0 atom stereocenters. The first-order valence-corrected chi connectivity index (χ1v) is 6.94. The van der Waals surface area contributed by atoms with Crippen molar-refractivity contribution in [3.63, 3.8) is 0 Å². The van der Waals surface area contributed by atoms with E-state index in [-0.39, 0.29) is 11.5 Å². The van der Waals surface area contributed by atoms with Crippen molar-refractivity contribution in [3.05, 3.63) is 70.7 Å². The van der Waals surface area contributed by atoms with Crippen LogP contribution in [0.15, 0.2) is 54.7 Å². The lowest BCUT2D eigenvalue weighted by atomic mass is 10.1. The summed E-state index contributed by atoms with van der Waals surface area (Å²) in [6.45, 7) is 0. The zero-order valence-electron chi connectivity index (χ0n) is 11.8. The molecule has 5 nitrogen and oxygen atoms in total. The number of benzene rings is 2. The molecule has 2 aromatic carbocycles. The summed E-state index contributed by atoms with van der Waals surface area (Å²) < 4.78 is 13.5. The van der Waals surface area contributed by atoms with Gasteiger partial charge in [0.15, 0.2) is 0 Å². The molecule has 4 aromatic rings. The Balaban J connectivity index is 2.02. The number of nitrogens with one attached hydrogen (secondary N) is 1. The maximum Gasteiger partial charge on any atom is 0.270 e. The Labute approximate surface area is 129 Å². The summed E-state index contributed by atoms with van der Waals surface area (Å²) in [7, 11) is 0. The van der Waals surface area contributed by atoms with E-state index in [0.717, 1.165) is 21.8 Å².